The van der Waals surface area contributed by atoms with E-state index in [1.807, 2.05) is 0 Å². The number of carboxylic acids is 1. The zero-order valence-corrected chi connectivity index (χ0v) is 9.65. The van der Waals surface area contributed by atoms with Crippen LogP contribution in [-0.2, 0) is 11.2 Å². The Morgan fingerprint density at radius 1 is 1.38 bits per heavy atom. The largest absolute Gasteiger partial charge is 0.481 e. The van der Waals surface area contributed by atoms with Crippen LogP contribution in [-0.4, -0.2) is 17.6 Å². The summed E-state index contributed by atoms with van der Waals surface area (Å²) < 4.78 is 0. The third-order valence-corrected chi connectivity index (χ3v) is 2.76. The molecule has 0 saturated carbocycles. The molecule has 3 heteroatoms. The van der Waals surface area contributed by atoms with Crippen LogP contribution in [0.3, 0.4) is 0 Å². The van der Waals surface area contributed by atoms with Crippen LogP contribution in [0.5, 0.6) is 0 Å². The summed E-state index contributed by atoms with van der Waals surface area (Å²) in [5.41, 5.74) is 8.02. The summed E-state index contributed by atoms with van der Waals surface area (Å²) in [5, 5.41) is 8.53. The quantitative estimate of drug-likeness (QED) is 0.773. The van der Waals surface area contributed by atoms with Gasteiger partial charge in [-0.3, -0.25) is 4.79 Å². The Labute approximate surface area is 96.3 Å². The van der Waals surface area contributed by atoms with Gasteiger partial charge in [-0.25, -0.2) is 0 Å². The SMILES string of the molecule is CC(CN)c1ccc(CCCC(=O)O)cc1. The molecule has 0 spiro atoms. The number of hydrogen-bond donors (Lipinski definition) is 2. The van der Waals surface area contributed by atoms with Crippen molar-refractivity contribution >= 4 is 5.97 Å². The van der Waals surface area contributed by atoms with Crippen molar-refractivity contribution < 1.29 is 9.90 Å². The second-order valence-corrected chi connectivity index (χ2v) is 4.13. The lowest BCUT2D eigenvalue weighted by Gasteiger charge is -2.09. The van der Waals surface area contributed by atoms with Gasteiger partial charge in [-0.2, -0.15) is 0 Å². The summed E-state index contributed by atoms with van der Waals surface area (Å²) in [5.74, 6) is -0.346. The van der Waals surface area contributed by atoms with Gasteiger partial charge in [-0.05, 0) is 36.4 Å². The lowest BCUT2D eigenvalue weighted by molar-refractivity contribution is -0.137. The van der Waals surface area contributed by atoms with E-state index >= 15 is 0 Å². The fourth-order valence-electron chi connectivity index (χ4n) is 1.59. The third kappa shape index (κ3) is 4.03. The maximum absolute atomic E-state index is 10.4. The fraction of sp³-hybridized carbons (Fsp3) is 0.462. The lowest BCUT2D eigenvalue weighted by atomic mass is 9.98. The molecule has 0 radical (unpaired) electrons. The van der Waals surface area contributed by atoms with Gasteiger partial charge in [0.2, 0.25) is 0 Å². The minimum absolute atomic E-state index is 0.237. The first-order valence-corrected chi connectivity index (χ1v) is 5.64. The average molecular weight is 221 g/mol. The van der Waals surface area contributed by atoms with Gasteiger partial charge in [0.15, 0.2) is 0 Å². The van der Waals surface area contributed by atoms with Crippen LogP contribution in [0.25, 0.3) is 0 Å². The zero-order chi connectivity index (χ0) is 12.0. The van der Waals surface area contributed by atoms with Gasteiger partial charge in [0.1, 0.15) is 0 Å². The first-order chi connectivity index (χ1) is 7.63. The van der Waals surface area contributed by atoms with Crippen molar-refractivity contribution in [1.29, 1.82) is 0 Å². The number of hydrogen-bond acceptors (Lipinski definition) is 2. The summed E-state index contributed by atoms with van der Waals surface area (Å²) in [4.78, 5) is 10.4. The lowest BCUT2D eigenvalue weighted by Crippen LogP contribution is -2.08. The highest BCUT2D eigenvalue weighted by Crippen LogP contribution is 2.15. The number of aliphatic carboxylic acids is 1. The molecule has 16 heavy (non-hydrogen) atoms. The smallest absolute Gasteiger partial charge is 0.303 e. The topological polar surface area (TPSA) is 63.3 Å². The van der Waals surface area contributed by atoms with Gasteiger partial charge in [0, 0.05) is 6.42 Å². The molecule has 1 atom stereocenters. The third-order valence-electron chi connectivity index (χ3n) is 2.76. The van der Waals surface area contributed by atoms with Crippen LogP contribution < -0.4 is 5.73 Å². The molecule has 0 saturated heterocycles. The van der Waals surface area contributed by atoms with E-state index in [1.54, 1.807) is 0 Å². The van der Waals surface area contributed by atoms with E-state index in [0.29, 0.717) is 18.9 Å². The number of carbonyl (C=O) groups is 1. The second-order valence-electron chi connectivity index (χ2n) is 4.13. The Hall–Kier alpha value is -1.35. The van der Waals surface area contributed by atoms with Crippen molar-refractivity contribution in [2.24, 2.45) is 5.73 Å². The molecular formula is C13H19NO2. The predicted octanol–water partition coefficient (Wildman–Crippen LogP) is 2.16. The van der Waals surface area contributed by atoms with Crippen molar-refractivity contribution in [2.75, 3.05) is 6.54 Å². The second kappa shape index (κ2) is 6.28. The van der Waals surface area contributed by atoms with E-state index < -0.39 is 5.97 Å². The molecule has 0 aliphatic carbocycles. The highest BCUT2D eigenvalue weighted by Gasteiger charge is 2.03. The monoisotopic (exact) mass is 221 g/mol. The Morgan fingerprint density at radius 2 is 2.00 bits per heavy atom. The molecule has 1 unspecified atom stereocenters. The van der Waals surface area contributed by atoms with Gasteiger partial charge in [0.25, 0.3) is 0 Å². The van der Waals surface area contributed by atoms with E-state index in [1.165, 1.54) is 11.1 Å². The highest BCUT2D eigenvalue weighted by atomic mass is 16.4. The first kappa shape index (κ1) is 12.7. The molecule has 3 nitrogen and oxygen atoms in total. The summed E-state index contributed by atoms with van der Waals surface area (Å²) >= 11 is 0. The molecule has 0 fully saturated rings. The van der Waals surface area contributed by atoms with Crippen molar-refractivity contribution in [1.82, 2.24) is 0 Å². The van der Waals surface area contributed by atoms with Crippen molar-refractivity contribution in [3.05, 3.63) is 35.4 Å². The normalized spacial score (nSPS) is 12.4. The number of rotatable bonds is 6. The zero-order valence-electron chi connectivity index (χ0n) is 9.65. The van der Waals surface area contributed by atoms with Gasteiger partial charge in [-0.15, -0.1) is 0 Å². The summed E-state index contributed by atoms with van der Waals surface area (Å²) in [6.07, 6.45) is 1.76. The molecule has 0 aromatic heterocycles. The molecule has 3 N–H and O–H groups in total. The van der Waals surface area contributed by atoms with Crippen LogP contribution >= 0.6 is 0 Å². The molecule has 0 aliphatic heterocycles. The van der Waals surface area contributed by atoms with Gasteiger partial charge in [-0.1, -0.05) is 31.2 Å². The van der Waals surface area contributed by atoms with Gasteiger partial charge in [0.05, 0.1) is 0 Å². The fourth-order valence-corrected chi connectivity index (χ4v) is 1.59. The predicted molar refractivity (Wildman–Crippen MR) is 64.5 cm³/mol. The van der Waals surface area contributed by atoms with Gasteiger partial charge < -0.3 is 10.8 Å². The minimum Gasteiger partial charge on any atom is -0.481 e. The molecule has 1 aromatic rings. The van der Waals surface area contributed by atoms with E-state index in [-0.39, 0.29) is 6.42 Å². The van der Waals surface area contributed by atoms with Crippen molar-refractivity contribution in [3.8, 4) is 0 Å². The Morgan fingerprint density at radius 3 is 2.50 bits per heavy atom. The number of carboxylic acid groups (broad SMARTS) is 1. The molecule has 0 amide bonds. The molecule has 0 aliphatic rings. The Kier molecular flexibility index (Phi) is 4.99. The van der Waals surface area contributed by atoms with Gasteiger partial charge >= 0.3 is 5.97 Å². The van der Waals surface area contributed by atoms with E-state index in [0.717, 1.165) is 6.42 Å². The van der Waals surface area contributed by atoms with E-state index in [2.05, 4.69) is 31.2 Å². The summed E-state index contributed by atoms with van der Waals surface area (Å²) in [6, 6.07) is 8.27. The molecule has 1 aromatic carbocycles. The number of benzene rings is 1. The number of nitrogens with two attached hydrogens (primary N) is 1. The van der Waals surface area contributed by atoms with Crippen LogP contribution in [0.15, 0.2) is 24.3 Å². The minimum atomic E-state index is -0.728. The number of aryl methyl sites for hydroxylation is 1. The van der Waals surface area contributed by atoms with Crippen molar-refractivity contribution in [2.45, 2.75) is 32.1 Å². The summed E-state index contributed by atoms with van der Waals surface area (Å²) in [7, 11) is 0. The maximum Gasteiger partial charge on any atom is 0.303 e. The van der Waals surface area contributed by atoms with Crippen LogP contribution in [0.1, 0.15) is 36.8 Å². The Bertz CT molecular complexity index is 332. The van der Waals surface area contributed by atoms with Crippen LogP contribution in [0.4, 0.5) is 0 Å². The highest BCUT2D eigenvalue weighted by molar-refractivity contribution is 5.66. The average Bonchev–Trinajstić information content (AvgIpc) is 2.28. The molecule has 1 rings (SSSR count). The van der Waals surface area contributed by atoms with Crippen molar-refractivity contribution in [3.63, 3.8) is 0 Å². The van der Waals surface area contributed by atoms with Crippen LogP contribution in [0, 0.1) is 0 Å². The standard InChI is InChI=1S/C13H19NO2/c1-10(9-14)12-7-5-11(6-8-12)3-2-4-13(15)16/h5-8,10H,2-4,9,14H2,1H3,(H,15,16). The summed E-state index contributed by atoms with van der Waals surface area (Å²) in [6.45, 7) is 2.75. The molecule has 0 heterocycles. The van der Waals surface area contributed by atoms with Crippen LogP contribution in [0.2, 0.25) is 0 Å². The molecule has 88 valence electrons. The van der Waals surface area contributed by atoms with E-state index in [9.17, 15) is 4.79 Å². The Balaban J connectivity index is 2.48. The first-order valence-electron chi connectivity index (χ1n) is 5.64. The van der Waals surface area contributed by atoms with E-state index in [4.69, 9.17) is 10.8 Å². The maximum atomic E-state index is 10.4. The molecular weight excluding hydrogens is 202 g/mol. The molecule has 0 bridgehead atoms.